The SMILES string of the molecule is CB(O)N1CCC(Oc2c(F)cc(N)cc2F)CC1. The number of benzene rings is 1. The molecule has 0 radical (unpaired) electrons. The molecule has 1 aliphatic rings. The average Bonchev–Trinajstić information content (AvgIpc) is 2.34. The van der Waals surface area contributed by atoms with Gasteiger partial charge >= 0.3 is 7.05 Å². The van der Waals surface area contributed by atoms with Crippen molar-refractivity contribution in [3.63, 3.8) is 0 Å². The molecule has 0 spiro atoms. The maximum absolute atomic E-state index is 13.6. The highest BCUT2D eigenvalue weighted by Crippen LogP contribution is 2.27. The van der Waals surface area contributed by atoms with Gasteiger partial charge in [-0.1, -0.05) is 0 Å². The van der Waals surface area contributed by atoms with Crippen molar-refractivity contribution in [1.82, 2.24) is 4.81 Å². The van der Waals surface area contributed by atoms with Crippen molar-refractivity contribution in [2.75, 3.05) is 18.8 Å². The van der Waals surface area contributed by atoms with Gasteiger partial charge < -0.3 is 20.3 Å². The lowest BCUT2D eigenvalue weighted by molar-refractivity contribution is 0.118. The smallest absolute Gasteiger partial charge is 0.376 e. The highest BCUT2D eigenvalue weighted by atomic mass is 19.1. The van der Waals surface area contributed by atoms with Crippen LogP contribution in [0.25, 0.3) is 0 Å². The molecule has 0 amide bonds. The molecule has 0 atom stereocenters. The number of halogens is 2. The van der Waals surface area contributed by atoms with Gasteiger partial charge in [-0.3, -0.25) is 0 Å². The minimum absolute atomic E-state index is 0.0336. The van der Waals surface area contributed by atoms with Crippen LogP contribution < -0.4 is 10.5 Å². The Morgan fingerprint density at radius 2 is 1.84 bits per heavy atom. The van der Waals surface area contributed by atoms with E-state index in [1.807, 2.05) is 4.81 Å². The summed E-state index contributed by atoms with van der Waals surface area (Å²) in [6.07, 6.45) is 0.991. The van der Waals surface area contributed by atoms with Crippen LogP contribution in [0, 0.1) is 11.6 Å². The molecule has 2 rings (SSSR count). The molecule has 0 aliphatic carbocycles. The van der Waals surface area contributed by atoms with Gasteiger partial charge in [0.05, 0.1) is 0 Å². The Morgan fingerprint density at radius 1 is 1.32 bits per heavy atom. The van der Waals surface area contributed by atoms with Crippen LogP contribution in [0.2, 0.25) is 6.82 Å². The van der Waals surface area contributed by atoms with Crippen LogP contribution in [0.5, 0.6) is 5.75 Å². The third kappa shape index (κ3) is 3.36. The molecule has 4 nitrogen and oxygen atoms in total. The Hall–Kier alpha value is -1.34. The van der Waals surface area contributed by atoms with Crippen LogP contribution in [-0.4, -0.2) is 36.1 Å². The molecule has 7 heteroatoms. The van der Waals surface area contributed by atoms with Gasteiger partial charge in [0.15, 0.2) is 17.4 Å². The largest absolute Gasteiger partial charge is 0.484 e. The van der Waals surface area contributed by atoms with Crippen LogP contribution in [0.1, 0.15) is 12.8 Å². The van der Waals surface area contributed by atoms with E-state index in [9.17, 15) is 13.8 Å². The number of ether oxygens (including phenoxy) is 1. The molecule has 1 aromatic rings. The molecule has 0 unspecified atom stereocenters. The second-order valence-corrected chi connectivity index (χ2v) is 4.80. The van der Waals surface area contributed by atoms with E-state index in [1.54, 1.807) is 6.82 Å². The minimum atomic E-state index is -0.782. The zero-order chi connectivity index (χ0) is 14.0. The molecule has 1 heterocycles. The predicted octanol–water partition coefficient (Wildman–Crippen LogP) is 1.50. The lowest BCUT2D eigenvalue weighted by Gasteiger charge is -2.32. The van der Waals surface area contributed by atoms with E-state index in [0.717, 1.165) is 12.1 Å². The summed E-state index contributed by atoms with van der Waals surface area (Å²) in [6, 6.07) is 2.09. The van der Waals surface area contributed by atoms with Crippen LogP contribution in [-0.2, 0) is 0 Å². The first-order chi connectivity index (χ1) is 8.97. The maximum atomic E-state index is 13.6. The van der Waals surface area contributed by atoms with Crippen molar-refractivity contribution in [2.24, 2.45) is 0 Å². The van der Waals surface area contributed by atoms with Crippen LogP contribution in [0.3, 0.4) is 0 Å². The molecule has 19 heavy (non-hydrogen) atoms. The molecule has 0 bridgehead atoms. The lowest BCUT2D eigenvalue weighted by Crippen LogP contribution is -2.45. The minimum Gasteiger partial charge on any atom is -0.484 e. The van der Waals surface area contributed by atoms with Crippen molar-refractivity contribution in [1.29, 1.82) is 0 Å². The lowest BCUT2D eigenvalue weighted by atomic mass is 9.82. The number of hydrogen-bond donors (Lipinski definition) is 2. The van der Waals surface area contributed by atoms with Crippen molar-refractivity contribution in [3.05, 3.63) is 23.8 Å². The Balaban J connectivity index is 2.00. The van der Waals surface area contributed by atoms with E-state index >= 15 is 0 Å². The van der Waals surface area contributed by atoms with Gasteiger partial charge in [0, 0.05) is 17.8 Å². The van der Waals surface area contributed by atoms with Crippen molar-refractivity contribution in [3.8, 4) is 5.75 Å². The molecule has 1 fully saturated rings. The first-order valence-corrected chi connectivity index (χ1v) is 6.30. The molecule has 0 aromatic heterocycles. The van der Waals surface area contributed by atoms with Gasteiger partial charge in [-0.25, -0.2) is 8.78 Å². The summed E-state index contributed by atoms with van der Waals surface area (Å²) in [5, 5.41) is 9.42. The van der Waals surface area contributed by atoms with Gasteiger partial charge in [0.25, 0.3) is 0 Å². The zero-order valence-corrected chi connectivity index (χ0v) is 10.8. The second kappa shape index (κ2) is 5.75. The van der Waals surface area contributed by atoms with Gasteiger partial charge in [-0.15, -0.1) is 0 Å². The fraction of sp³-hybridized carbons (Fsp3) is 0.500. The standard InChI is InChI=1S/C12H17BF2N2O2/c1-13(18)17-4-2-9(3-5-17)19-12-10(14)6-8(16)7-11(12)15/h6-7,9,18H,2-5,16H2,1H3. The molecule has 1 aliphatic heterocycles. The maximum Gasteiger partial charge on any atom is 0.376 e. The van der Waals surface area contributed by atoms with E-state index in [-0.39, 0.29) is 17.5 Å². The fourth-order valence-corrected chi connectivity index (χ4v) is 2.23. The number of nitrogens with zero attached hydrogens (tertiary/aromatic N) is 1. The average molecular weight is 270 g/mol. The molecule has 3 N–H and O–H groups in total. The van der Waals surface area contributed by atoms with Crippen molar-refractivity contribution < 1.29 is 18.5 Å². The van der Waals surface area contributed by atoms with E-state index in [1.165, 1.54) is 0 Å². The fourth-order valence-electron chi connectivity index (χ4n) is 2.23. The van der Waals surface area contributed by atoms with E-state index < -0.39 is 18.7 Å². The molecular formula is C12H17BF2N2O2. The summed E-state index contributed by atoms with van der Waals surface area (Å²) < 4.78 is 32.5. The number of hydrogen-bond acceptors (Lipinski definition) is 4. The summed E-state index contributed by atoms with van der Waals surface area (Å²) in [4.78, 5) is 1.88. The highest BCUT2D eigenvalue weighted by molar-refractivity contribution is 6.45. The van der Waals surface area contributed by atoms with Crippen LogP contribution in [0.4, 0.5) is 14.5 Å². The van der Waals surface area contributed by atoms with Crippen molar-refractivity contribution in [2.45, 2.75) is 25.8 Å². The van der Waals surface area contributed by atoms with E-state index in [4.69, 9.17) is 10.5 Å². The van der Waals surface area contributed by atoms with E-state index in [0.29, 0.717) is 25.9 Å². The Kier molecular flexibility index (Phi) is 4.26. The Labute approximate surface area is 111 Å². The van der Waals surface area contributed by atoms with Crippen LogP contribution >= 0.6 is 0 Å². The Morgan fingerprint density at radius 3 is 2.32 bits per heavy atom. The summed E-state index contributed by atoms with van der Waals surface area (Å²) in [6.45, 7) is 2.97. The number of anilines is 1. The topological polar surface area (TPSA) is 58.7 Å². The van der Waals surface area contributed by atoms with Gasteiger partial charge in [0.1, 0.15) is 6.10 Å². The molecular weight excluding hydrogens is 253 g/mol. The molecule has 1 saturated heterocycles. The summed E-state index contributed by atoms with van der Waals surface area (Å²) in [7, 11) is -0.508. The third-order valence-electron chi connectivity index (χ3n) is 3.31. The van der Waals surface area contributed by atoms with E-state index in [2.05, 4.69) is 0 Å². The van der Waals surface area contributed by atoms with Crippen molar-refractivity contribution >= 4 is 12.7 Å². The summed E-state index contributed by atoms with van der Waals surface area (Å²) >= 11 is 0. The number of piperidine rings is 1. The van der Waals surface area contributed by atoms with Gasteiger partial charge in [-0.2, -0.15) is 0 Å². The predicted molar refractivity (Wildman–Crippen MR) is 69.8 cm³/mol. The normalized spacial score (nSPS) is 17.5. The molecule has 1 aromatic carbocycles. The number of rotatable bonds is 3. The first kappa shape index (κ1) is 14.1. The van der Waals surface area contributed by atoms with Gasteiger partial charge in [0.2, 0.25) is 0 Å². The second-order valence-electron chi connectivity index (χ2n) is 4.80. The monoisotopic (exact) mass is 270 g/mol. The number of nitrogen functional groups attached to an aromatic ring is 1. The zero-order valence-electron chi connectivity index (χ0n) is 10.8. The van der Waals surface area contributed by atoms with Gasteiger partial charge in [-0.05, 0) is 32.8 Å². The molecule has 0 saturated carbocycles. The number of nitrogens with two attached hydrogens (primary N) is 1. The van der Waals surface area contributed by atoms with Crippen LogP contribution in [0.15, 0.2) is 12.1 Å². The highest BCUT2D eigenvalue weighted by Gasteiger charge is 2.26. The summed E-state index contributed by atoms with van der Waals surface area (Å²) in [5.74, 6) is -1.93. The first-order valence-electron chi connectivity index (χ1n) is 6.30. The molecule has 104 valence electrons. The Bertz CT molecular complexity index is 428. The quantitative estimate of drug-likeness (QED) is 0.645. The third-order valence-corrected chi connectivity index (χ3v) is 3.31. The summed E-state index contributed by atoms with van der Waals surface area (Å²) in [5.41, 5.74) is 5.38.